The Kier molecular flexibility index (Phi) is 6.13. The number of aromatic nitrogens is 2. The van der Waals surface area contributed by atoms with Gasteiger partial charge in [-0.15, -0.1) is 0 Å². The van der Waals surface area contributed by atoms with E-state index in [0.717, 1.165) is 6.42 Å². The van der Waals surface area contributed by atoms with E-state index >= 15 is 0 Å². The third kappa shape index (κ3) is 3.59. The Hall–Kier alpha value is 0.701. The summed E-state index contributed by atoms with van der Waals surface area (Å²) in [4.78, 5) is 0. The minimum atomic E-state index is -4.93. The first kappa shape index (κ1) is 15.7. The fraction of sp³-hybridized carbons (Fsp3) is 0.625. The number of rotatable bonds is 3. The molecule has 1 heterocycles. The van der Waals surface area contributed by atoms with Crippen molar-refractivity contribution in [1.82, 2.24) is 9.78 Å². The molecule has 0 radical (unpaired) electrons. The largest absolute Gasteiger partial charge is 1.00 e. The molecule has 0 aliphatic rings. The Bertz CT molecular complexity index is 335. The Morgan fingerprint density at radius 1 is 1.27 bits per heavy atom. The van der Waals surface area contributed by atoms with Gasteiger partial charge < -0.3 is 12.9 Å². The average Bonchev–Trinajstić information content (AvgIpc) is 2.26. The van der Waals surface area contributed by atoms with Gasteiger partial charge in [-0.3, -0.25) is 4.68 Å². The Morgan fingerprint density at radius 2 is 1.80 bits per heavy atom. The predicted molar refractivity (Wildman–Crippen MR) is 50.7 cm³/mol. The summed E-state index contributed by atoms with van der Waals surface area (Å²) in [6, 6.07) is 0. The Balaban J connectivity index is 0.00000196. The van der Waals surface area contributed by atoms with Crippen LogP contribution in [0.5, 0.6) is 0 Å². The normalized spacial score (nSPS) is 11.3. The summed E-state index contributed by atoms with van der Waals surface area (Å²) in [6.45, 7) is 0.399. The van der Waals surface area contributed by atoms with Gasteiger partial charge in [0.1, 0.15) is 0 Å². The molecule has 0 saturated carbocycles. The SMILES string of the molecule is CCCn1nc(C)c([B-](F)(F)F)c1C.[K+]. The molecule has 0 aliphatic heterocycles. The first-order chi connectivity index (χ1) is 6.38. The summed E-state index contributed by atoms with van der Waals surface area (Å²) in [6.07, 6.45) is 0.784. The first-order valence-corrected chi connectivity index (χ1v) is 4.61. The third-order valence-electron chi connectivity index (χ3n) is 2.20. The third-order valence-corrected chi connectivity index (χ3v) is 2.20. The van der Waals surface area contributed by atoms with Gasteiger partial charge in [0.25, 0.3) is 0 Å². The van der Waals surface area contributed by atoms with Crippen LogP contribution in [0.3, 0.4) is 0 Å². The topological polar surface area (TPSA) is 17.8 Å². The van der Waals surface area contributed by atoms with E-state index < -0.39 is 12.4 Å². The fourth-order valence-electron chi connectivity index (χ4n) is 1.61. The Morgan fingerprint density at radius 3 is 2.13 bits per heavy atom. The van der Waals surface area contributed by atoms with Gasteiger partial charge in [-0.1, -0.05) is 12.4 Å². The maximum absolute atomic E-state index is 12.6. The zero-order valence-corrected chi connectivity index (χ0v) is 12.6. The van der Waals surface area contributed by atoms with E-state index in [1.807, 2.05) is 6.92 Å². The second kappa shape index (κ2) is 5.86. The van der Waals surface area contributed by atoms with Gasteiger partial charge in [0.15, 0.2) is 0 Å². The molecule has 0 fully saturated rings. The van der Waals surface area contributed by atoms with Crippen molar-refractivity contribution in [3.8, 4) is 0 Å². The van der Waals surface area contributed by atoms with Crippen LogP contribution in [0.2, 0.25) is 0 Å². The first-order valence-electron chi connectivity index (χ1n) is 4.61. The molecule has 0 spiro atoms. The minimum Gasteiger partial charge on any atom is -0.445 e. The van der Waals surface area contributed by atoms with E-state index in [1.165, 1.54) is 18.5 Å². The zero-order chi connectivity index (χ0) is 10.9. The molecule has 0 aromatic carbocycles. The van der Waals surface area contributed by atoms with E-state index in [9.17, 15) is 12.9 Å². The van der Waals surface area contributed by atoms with Crippen LogP contribution in [0.15, 0.2) is 0 Å². The van der Waals surface area contributed by atoms with Crippen LogP contribution in [-0.4, -0.2) is 16.8 Å². The van der Waals surface area contributed by atoms with Crippen LogP contribution in [0.25, 0.3) is 0 Å². The predicted octanol–water partition coefficient (Wildman–Crippen LogP) is -1.03. The van der Waals surface area contributed by atoms with Gasteiger partial charge in [-0.25, -0.2) is 0 Å². The molecule has 2 nitrogen and oxygen atoms in total. The molecule has 0 bridgehead atoms. The standard InChI is InChI=1S/C8H13BF3N2.K/c1-4-5-14-7(3)8(6(2)13-14)9(10,11)12;/h4-5H2,1-3H3;/q-1;+1. The summed E-state index contributed by atoms with van der Waals surface area (Å²) >= 11 is 0. The van der Waals surface area contributed by atoms with Gasteiger partial charge >= 0.3 is 58.4 Å². The number of nitrogens with zero attached hydrogens (tertiary/aromatic N) is 2. The van der Waals surface area contributed by atoms with Crippen molar-refractivity contribution < 1.29 is 64.3 Å². The van der Waals surface area contributed by atoms with Crippen molar-refractivity contribution in [2.45, 2.75) is 33.7 Å². The summed E-state index contributed by atoms with van der Waals surface area (Å²) in [5.74, 6) is 0. The van der Waals surface area contributed by atoms with Crippen LogP contribution in [-0.2, 0) is 6.54 Å². The molecule has 0 unspecified atom stereocenters. The van der Waals surface area contributed by atoms with E-state index in [-0.39, 0.29) is 62.8 Å². The van der Waals surface area contributed by atoms with Gasteiger partial charge in [-0.2, -0.15) is 5.10 Å². The van der Waals surface area contributed by atoms with Crippen molar-refractivity contribution >= 4 is 12.4 Å². The van der Waals surface area contributed by atoms with Crippen molar-refractivity contribution in [3.63, 3.8) is 0 Å². The molecular weight excluding hydrogens is 231 g/mol. The fourth-order valence-corrected chi connectivity index (χ4v) is 1.61. The van der Waals surface area contributed by atoms with Crippen molar-refractivity contribution in [2.75, 3.05) is 0 Å². The molecule has 7 heteroatoms. The number of hydrogen-bond acceptors (Lipinski definition) is 1. The smallest absolute Gasteiger partial charge is 0.445 e. The number of hydrogen-bond donors (Lipinski definition) is 0. The van der Waals surface area contributed by atoms with E-state index in [2.05, 4.69) is 5.10 Å². The summed E-state index contributed by atoms with van der Waals surface area (Å²) in [5, 5.41) is 3.88. The molecule has 0 saturated heterocycles. The molecule has 15 heavy (non-hydrogen) atoms. The van der Waals surface area contributed by atoms with E-state index in [1.54, 1.807) is 0 Å². The Labute approximate surface area is 130 Å². The minimum absolute atomic E-state index is 0. The van der Waals surface area contributed by atoms with Crippen LogP contribution < -0.4 is 56.8 Å². The van der Waals surface area contributed by atoms with Crippen LogP contribution in [0.1, 0.15) is 24.7 Å². The van der Waals surface area contributed by atoms with E-state index in [0.29, 0.717) is 6.54 Å². The molecule has 0 atom stereocenters. The molecule has 0 aliphatic carbocycles. The molecule has 0 N–H and O–H groups in total. The second-order valence-corrected chi connectivity index (χ2v) is 3.38. The van der Waals surface area contributed by atoms with Crippen LogP contribution >= 0.6 is 0 Å². The quantitative estimate of drug-likeness (QED) is 0.622. The van der Waals surface area contributed by atoms with Gasteiger partial charge in [-0.05, 0) is 20.3 Å². The molecule has 0 amide bonds. The number of aryl methyl sites for hydroxylation is 2. The molecule has 1 rings (SSSR count). The molecule has 80 valence electrons. The molecule has 1 aromatic rings. The summed E-state index contributed by atoms with van der Waals surface area (Å²) < 4.78 is 39.1. The number of halogens is 3. The maximum atomic E-state index is 12.6. The second-order valence-electron chi connectivity index (χ2n) is 3.38. The van der Waals surface area contributed by atoms with E-state index in [4.69, 9.17) is 0 Å². The van der Waals surface area contributed by atoms with Crippen LogP contribution in [0.4, 0.5) is 12.9 Å². The summed E-state index contributed by atoms with van der Waals surface area (Å²) in [5.41, 5.74) is -0.209. The van der Waals surface area contributed by atoms with Crippen molar-refractivity contribution in [1.29, 1.82) is 0 Å². The van der Waals surface area contributed by atoms with Crippen LogP contribution in [0, 0.1) is 13.8 Å². The summed E-state index contributed by atoms with van der Waals surface area (Å²) in [7, 11) is 0. The van der Waals surface area contributed by atoms with Crippen molar-refractivity contribution in [2.24, 2.45) is 0 Å². The molecule has 1 aromatic heterocycles. The van der Waals surface area contributed by atoms with Gasteiger partial charge in [0, 0.05) is 17.9 Å². The van der Waals surface area contributed by atoms with Crippen molar-refractivity contribution in [3.05, 3.63) is 11.4 Å². The van der Waals surface area contributed by atoms with Gasteiger partial charge in [0.2, 0.25) is 0 Å². The zero-order valence-electron chi connectivity index (χ0n) is 9.52. The van der Waals surface area contributed by atoms with Gasteiger partial charge in [0.05, 0.1) is 0 Å². The monoisotopic (exact) mass is 244 g/mol. The molecular formula is C8H13BF3KN2. The maximum Gasteiger partial charge on any atom is 1.00 e. The average molecular weight is 244 g/mol.